The van der Waals surface area contributed by atoms with E-state index in [2.05, 4.69) is 83.5 Å². The number of aromatic nitrogens is 2. The molecule has 11 heteroatoms. The monoisotopic (exact) mass is 610 g/mol. The molecule has 0 saturated heterocycles. The van der Waals surface area contributed by atoms with Crippen molar-refractivity contribution in [1.82, 2.24) is 25.9 Å². The number of benzene rings is 2. The van der Waals surface area contributed by atoms with Gasteiger partial charge in [0.1, 0.15) is 13.9 Å². The summed E-state index contributed by atoms with van der Waals surface area (Å²) in [6.07, 6.45) is 7.46. The highest BCUT2D eigenvalue weighted by atomic mass is 35.5. The van der Waals surface area contributed by atoms with Crippen LogP contribution in [0.5, 0.6) is 0 Å². The maximum absolute atomic E-state index is 9.91. The molecule has 4 aromatic rings. The lowest BCUT2D eigenvalue weighted by Crippen LogP contribution is -2.47. The predicted molar refractivity (Wildman–Crippen MR) is 176 cm³/mol. The summed E-state index contributed by atoms with van der Waals surface area (Å²) >= 11 is 13.7. The summed E-state index contributed by atoms with van der Waals surface area (Å²) < 4.78 is 0. The molecule has 218 valence electrons. The normalized spacial score (nSPS) is 17.0. The van der Waals surface area contributed by atoms with Gasteiger partial charge < -0.3 is 16.1 Å². The van der Waals surface area contributed by atoms with Crippen LogP contribution >= 0.6 is 23.2 Å². The van der Waals surface area contributed by atoms with Crippen LogP contribution in [0.1, 0.15) is 50.4 Å². The van der Waals surface area contributed by atoms with Gasteiger partial charge >= 0.3 is 0 Å². The molecule has 0 radical (unpaired) electrons. The molecule has 3 heterocycles. The largest absolute Gasteiger partial charge is 0.383 e. The van der Waals surface area contributed by atoms with Crippen molar-refractivity contribution in [3.63, 3.8) is 0 Å². The Morgan fingerprint density at radius 3 is 2.51 bits per heavy atom. The van der Waals surface area contributed by atoms with Gasteiger partial charge in [-0.1, -0.05) is 68.2 Å². The summed E-state index contributed by atoms with van der Waals surface area (Å²) in [6.45, 7) is 7.10. The maximum Gasteiger partial charge on any atom is 0.148 e. The van der Waals surface area contributed by atoms with Crippen molar-refractivity contribution in [2.45, 2.75) is 44.6 Å². The lowest BCUT2D eigenvalue weighted by molar-refractivity contribution is 0.172. The quantitative estimate of drug-likeness (QED) is 0.180. The molecule has 1 saturated carbocycles. The molecule has 0 spiro atoms. The number of hydrogen-bond donors (Lipinski definition) is 4. The predicted octanol–water partition coefficient (Wildman–Crippen LogP) is 6.02. The Hall–Kier alpha value is -3.97. The lowest BCUT2D eigenvalue weighted by Gasteiger charge is -2.34. The van der Waals surface area contributed by atoms with Crippen molar-refractivity contribution in [3.05, 3.63) is 106 Å². The number of rotatable bonds is 8. The van der Waals surface area contributed by atoms with Crippen LogP contribution in [0.25, 0.3) is 10.9 Å². The molecule has 1 unspecified atom stereocenters. The van der Waals surface area contributed by atoms with Crippen LogP contribution in [0.4, 0.5) is 11.4 Å². The summed E-state index contributed by atoms with van der Waals surface area (Å²) in [4.78, 5) is 9.18. The molecular weight excluding hydrogens is 578 g/mol. The first kappa shape index (κ1) is 29.1. The molecule has 1 aliphatic carbocycles. The van der Waals surface area contributed by atoms with E-state index in [9.17, 15) is 5.26 Å². The number of hydrogen-bond acceptors (Lipinski definition) is 8. The van der Waals surface area contributed by atoms with Gasteiger partial charge in [-0.2, -0.15) is 5.26 Å². The minimum Gasteiger partial charge on any atom is -0.383 e. The number of nitriles is 1. The molecule has 1 atom stereocenters. The first-order valence-corrected chi connectivity index (χ1v) is 15.0. The van der Waals surface area contributed by atoms with Gasteiger partial charge in [-0.25, -0.2) is 0 Å². The highest BCUT2D eigenvalue weighted by Gasteiger charge is 2.52. The van der Waals surface area contributed by atoms with E-state index < -0.39 is 5.44 Å². The Labute approximate surface area is 262 Å². The molecule has 4 N–H and O–H groups in total. The first-order chi connectivity index (χ1) is 20.5. The summed E-state index contributed by atoms with van der Waals surface area (Å²) in [5, 5.41) is 21.1. The third-order valence-electron chi connectivity index (χ3n) is 8.08. The van der Waals surface area contributed by atoms with Crippen LogP contribution in [0, 0.1) is 16.7 Å². The van der Waals surface area contributed by atoms with E-state index in [-0.39, 0.29) is 11.0 Å². The average molecular weight is 611 g/mol. The van der Waals surface area contributed by atoms with E-state index in [0.717, 1.165) is 40.9 Å². The van der Waals surface area contributed by atoms with Crippen LogP contribution in [-0.4, -0.2) is 29.4 Å². The lowest BCUT2D eigenvalue weighted by atomic mass is 9.69. The summed E-state index contributed by atoms with van der Waals surface area (Å²) in [5.74, 6) is 0. The minimum absolute atomic E-state index is 0.00170. The smallest absolute Gasteiger partial charge is 0.148 e. The van der Waals surface area contributed by atoms with E-state index in [1.165, 1.54) is 0 Å². The number of pyridine rings is 2. The number of hydrazine groups is 2. The molecule has 8 nitrogen and oxygen atoms in total. The summed E-state index contributed by atoms with van der Waals surface area (Å²) in [5.41, 5.74) is 11.1. The van der Waals surface area contributed by atoms with Gasteiger partial charge in [0.05, 0.1) is 44.2 Å². The SMILES string of the molecule is BC(Nc1cc(Cl)c2ncc(C#N)c(NCC(C)(C)C)c2c1)(C1=CN(C2(c3ccccn3)CC2)NN1)c1ccccc1Cl. The van der Waals surface area contributed by atoms with Crippen molar-refractivity contribution in [2.75, 3.05) is 17.2 Å². The highest BCUT2D eigenvalue weighted by molar-refractivity contribution is 6.36. The van der Waals surface area contributed by atoms with Crippen LogP contribution in [-0.2, 0) is 11.0 Å². The molecule has 2 aliphatic rings. The fraction of sp³-hybridized carbons (Fsp3) is 0.281. The summed E-state index contributed by atoms with van der Waals surface area (Å²) in [6, 6.07) is 20.0. The molecule has 2 aromatic heterocycles. The number of anilines is 2. The topological polar surface area (TPSA) is 101 Å². The van der Waals surface area contributed by atoms with Crippen LogP contribution in [0.2, 0.25) is 10.0 Å². The zero-order valence-electron chi connectivity index (χ0n) is 24.6. The second-order valence-electron chi connectivity index (χ2n) is 12.6. The van der Waals surface area contributed by atoms with Gasteiger partial charge in [0.2, 0.25) is 0 Å². The van der Waals surface area contributed by atoms with Crippen molar-refractivity contribution < 1.29 is 0 Å². The van der Waals surface area contributed by atoms with Gasteiger partial charge in [0.25, 0.3) is 0 Å². The second kappa shape index (κ2) is 10.9. The zero-order valence-corrected chi connectivity index (χ0v) is 26.1. The Kier molecular flexibility index (Phi) is 7.41. The van der Waals surface area contributed by atoms with Crippen LogP contribution in [0.3, 0.4) is 0 Å². The fourth-order valence-corrected chi connectivity index (χ4v) is 6.16. The molecule has 0 amide bonds. The van der Waals surface area contributed by atoms with Gasteiger partial charge in [0.15, 0.2) is 0 Å². The fourth-order valence-electron chi connectivity index (χ4n) is 5.57. The summed E-state index contributed by atoms with van der Waals surface area (Å²) in [7, 11) is 2.08. The van der Waals surface area contributed by atoms with Gasteiger partial charge in [-0.05, 0) is 54.2 Å². The average Bonchev–Trinajstić information content (AvgIpc) is 3.64. The molecule has 0 bridgehead atoms. The molecule has 2 aromatic carbocycles. The third kappa shape index (κ3) is 5.47. The van der Waals surface area contributed by atoms with E-state index in [0.29, 0.717) is 33.4 Å². The minimum atomic E-state index is -0.809. The van der Waals surface area contributed by atoms with Crippen molar-refractivity contribution in [3.8, 4) is 6.07 Å². The van der Waals surface area contributed by atoms with Crippen molar-refractivity contribution >= 4 is 53.3 Å². The van der Waals surface area contributed by atoms with Crippen molar-refractivity contribution in [2.24, 2.45) is 5.41 Å². The Balaban J connectivity index is 1.44. The van der Waals surface area contributed by atoms with Crippen molar-refractivity contribution in [1.29, 1.82) is 5.26 Å². The standard InChI is InChI=1S/C32H33BCl2N8/c1-30(2,3)19-39-28-20(16-36)17-38-29-22(28)14-21(15-25(29)35)40-32(33,23-8-4-5-9-24(23)34)27-18-43(42-41-27)31(11-12-31)26-10-6-7-13-37-26/h4-10,13-15,17-18,40-42H,11-12,19,33H2,1-3H3,(H,38,39). The molecule has 6 rings (SSSR count). The van der Waals surface area contributed by atoms with Gasteiger partial charge in [-0.3, -0.25) is 15.0 Å². The zero-order chi connectivity index (χ0) is 30.4. The number of nitrogens with zero attached hydrogens (tertiary/aromatic N) is 4. The molecule has 1 fully saturated rings. The Bertz CT molecular complexity index is 1760. The van der Waals surface area contributed by atoms with Crippen LogP contribution in [0.15, 0.2) is 78.9 Å². The maximum atomic E-state index is 9.91. The Morgan fingerprint density at radius 2 is 1.84 bits per heavy atom. The second-order valence-corrected chi connectivity index (χ2v) is 13.4. The Morgan fingerprint density at radius 1 is 1.07 bits per heavy atom. The van der Waals surface area contributed by atoms with Gasteiger partial charge in [0, 0.05) is 41.2 Å². The van der Waals surface area contributed by atoms with E-state index in [4.69, 9.17) is 23.2 Å². The van der Waals surface area contributed by atoms with E-state index >= 15 is 0 Å². The first-order valence-electron chi connectivity index (χ1n) is 14.3. The number of nitrogens with one attached hydrogen (secondary N) is 4. The van der Waals surface area contributed by atoms with E-state index in [1.54, 1.807) is 6.20 Å². The third-order valence-corrected chi connectivity index (χ3v) is 8.70. The molecule has 1 aliphatic heterocycles. The number of halogens is 2. The number of fused-ring (bicyclic) bond motifs is 1. The van der Waals surface area contributed by atoms with E-state index in [1.807, 2.05) is 54.7 Å². The highest BCUT2D eigenvalue weighted by Crippen LogP contribution is 2.51. The van der Waals surface area contributed by atoms with Crippen LogP contribution < -0.4 is 21.6 Å². The molecular formula is C32H33BCl2N8. The van der Waals surface area contributed by atoms with Gasteiger partial charge in [-0.15, -0.1) is 5.53 Å². The molecule has 43 heavy (non-hydrogen) atoms.